The van der Waals surface area contributed by atoms with Crippen LogP contribution in [-0.2, 0) is 10.0 Å². The van der Waals surface area contributed by atoms with Crippen molar-refractivity contribution >= 4 is 10.0 Å². The SMILES string of the molecule is CN1CCCC(NS(=O)(=O)CCCO)C1. The van der Waals surface area contributed by atoms with Gasteiger partial charge in [0.1, 0.15) is 0 Å². The molecule has 0 aromatic rings. The summed E-state index contributed by atoms with van der Waals surface area (Å²) in [5.41, 5.74) is 0. The molecule has 1 fully saturated rings. The zero-order valence-corrected chi connectivity index (χ0v) is 9.96. The number of piperidine rings is 1. The van der Waals surface area contributed by atoms with Gasteiger partial charge in [-0.15, -0.1) is 0 Å². The van der Waals surface area contributed by atoms with E-state index in [4.69, 9.17) is 5.11 Å². The Balaban J connectivity index is 2.39. The van der Waals surface area contributed by atoms with Gasteiger partial charge in [0.2, 0.25) is 10.0 Å². The molecule has 0 bridgehead atoms. The fraction of sp³-hybridized carbons (Fsp3) is 1.00. The molecule has 90 valence electrons. The monoisotopic (exact) mass is 236 g/mol. The fourth-order valence-corrected chi connectivity index (χ4v) is 3.16. The Hall–Kier alpha value is -0.170. The van der Waals surface area contributed by atoms with E-state index in [1.54, 1.807) is 0 Å². The molecule has 5 nitrogen and oxygen atoms in total. The van der Waals surface area contributed by atoms with Gasteiger partial charge in [-0.2, -0.15) is 0 Å². The number of hydrogen-bond acceptors (Lipinski definition) is 4. The second kappa shape index (κ2) is 5.79. The number of nitrogens with one attached hydrogen (secondary N) is 1. The number of aliphatic hydroxyl groups is 1. The van der Waals surface area contributed by atoms with Crippen LogP contribution >= 0.6 is 0 Å². The lowest BCUT2D eigenvalue weighted by atomic mass is 10.1. The predicted octanol–water partition coefficient (Wildman–Crippen LogP) is -0.618. The van der Waals surface area contributed by atoms with Gasteiger partial charge in [0, 0.05) is 19.2 Å². The lowest BCUT2D eigenvalue weighted by Gasteiger charge is -2.29. The van der Waals surface area contributed by atoms with Crippen LogP contribution in [-0.4, -0.2) is 57.0 Å². The molecule has 0 saturated carbocycles. The van der Waals surface area contributed by atoms with E-state index in [1.165, 1.54) is 0 Å². The lowest BCUT2D eigenvalue weighted by Crippen LogP contribution is -2.46. The number of likely N-dealkylation sites (tertiary alicyclic amines) is 1. The largest absolute Gasteiger partial charge is 0.396 e. The third kappa shape index (κ3) is 4.92. The van der Waals surface area contributed by atoms with Crippen molar-refractivity contribution in [1.29, 1.82) is 0 Å². The smallest absolute Gasteiger partial charge is 0.211 e. The van der Waals surface area contributed by atoms with Crippen LogP contribution in [0.15, 0.2) is 0 Å². The molecule has 1 aliphatic rings. The molecule has 0 aromatic carbocycles. The number of rotatable bonds is 5. The van der Waals surface area contributed by atoms with Crippen LogP contribution in [0.3, 0.4) is 0 Å². The van der Waals surface area contributed by atoms with Crippen LogP contribution in [0, 0.1) is 0 Å². The van der Waals surface area contributed by atoms with Crippen LogP contribution in [0.1, 0.15) is 19.3 Å². The van der Waals surface area contributed by atoms with Crippen molar-refractivity contribution in [3.63, 3.8) is 0 Å². The average Bonchev–Trinajstić information content (AvgIpc) is 2.14. The van der Waals surface area contributed by atoms with E-state index in [2.05, 4.69) is 9.62 Å². The molecule has 0 aliphatic carbocycles. The van der Waals surface area contributed by atoms with Gasteiger partial charge in [0.25, 0.3) is 0 Å². The summed E-state index contributed by atoms with van der Waals surface area (Å²) in [5.74, 6) is 0.0176. The Kier molecular flexibility index (Phi) is 4.98. The molecule has 0 radical (unpaired) electrons. The fourth-order valence-electron chi connectivity index (χ4n) is 1.83. The zero-order valence-electron chi connectivity index (χ0n) is 9.15. The highest BCUT2D eigenvalue weighted by molar-refractivity contribution is 7.89. The van der Waals surface area contributed by atoms with Crippen LogP contribution in [0.4, 0.5) is 0 Å². The number of sulfonamides is 1. The standard InChI is InChI=1S/C9H20N2O3S/c1-11-5-2-4-9(8-11)10-15(13,14)7-3-6-12/h9-10,12H,2-8H2,1H3. The van der Waals surface area contributed by atoms with E-state index in [9.17, 15) is 8.42 Å². The first kappa shape index (κ1) is 12.9. The number of hydrogen-bond donors (Lipinski definition) is 2. The van der Waals surface area contributed by atoms with E-state index in [0.717, 1.165) is 25.9 Å². The first-order valence-corrected chi connectivity index (χ1v) is 6.98. The molecule has 2 N–H and O–H groups in total. The molecule has 0 spiro atoms. The van der Waals surface area contributed by atoms with Crippen molar-refractivity contribution in [2.75, 3.05) is 32.5 Å². The molecule has 1 heterocycles. The molecule has 1 rings (SSSR count). The van der Waals surface area contributed by atoms with E-state index in [-0.39, 0.29) is 18.4 Å². The molecule has 0 aromatic heterocycles. The Bertz CT molecular complexity index is 279. The van der Waals surface area contributed by atoms with E-state index >= 15 is 0 Å². The van der Waals surface area contributed by atoms with E-state index < -0.39 is 10.0 Å². The third-order valence-electron chi connectivity index (χ3n) is 2.54. The minimum Gasteiger partial charge on any atom is -0.396 e. The molecule has 0 amide bonds. The van der Waals surface area contributed by atoms with Gasteiger partial charge in [-0.1, -0.05) is 0 Å². The quantitative estimate of drug-likeness (QED) is 0.667. The number of aliphatic hydroxyl groups excluding tert-OH is 1. The van der Waals surface area contributed by atoms with Gasteiger partial charge < -0.3 is 10.0 Å². The van der Waals surface area contributed by atoms with Crippen molar-refractivity contribution in [1.82, 2.24) is 9.62 Å². The first-order chi connectivity index (χ1) is 7.03. The number of nitrogens with zero attached hydrogens (tertiary/aromatic N) is 1. The Morgan fingerprint density at radius 1 is 1.53 bits per heavy atom. The second-order valence-electron chi connectivity index (χ2n) is 4.12. The Labute approximate surface area is 91.5 Å². The molecule has 6 heteroatoms. The third-order valence-corrected chi connectivity index (χ3v) is 4.06. The average molecular weight is 236 g/mol. The van der Waals surface area contributed by atoms with Gasteiger partial charge in [-0.05, 0) is 32.9 Å². The van der Waals surface area contributed by atoms with Crippen molar-refractivity contribution in [3.05, 3.63) is 0 Å². The Morgan fingerprint density at radius 3 is 2.87 bits per heavy atom. The molecular weight excluding hydrogens is 216 g/mol. The summed E-state index contributed by atoms with van der Waals surface area (Å²) >= 11 is 0. The summed E-state index contributed by atoms with van der Waals surface area (Å²) in [6, 6.07) is 0.0347. The lowest BCUT2D eigenvalue weighted by molar-refractivity contribution is 0.242. The number of likely N-dealkylation sites (N-methyl/N-ethyl adjacent to an activating group) is 1. The van der Waals surface area contributed by atoms with Gasteiger partial charge >= 0.3 is 0 Å². The van der Waals surface area contributed by atoms with E-state index in [1.807, 2.05) is 7.05 Å². The molecule has 1 unspecified atom stereocenters. The highest BCUT2D eigenvalue weighted by atomic mass is 32.2. The maximum Gasteiger partial charge on any atom is 0.211 e. The Morgan fingerprint density at radius 2 is 2.27 bits per heavy atom. The van der Waals surface area contributed by atoms with E-state index in [0.29, 0.717) is 6.42 Å². The first-order valence-electron chi connectivity index (χ1n) is 5.33. The van der Waals surface area contributed by atoms with Crippen molar-refractivity contribution in [3.8, 4) is 0 Å². The van der Waals surface area contributed by atoms with Gasteiger partial charge in [-0.25, -0.2) is 13.1 Å². The van der Waals surface area contributed by atoms with Crippen LogP contribution in [0.5, 0.6) is 0 Å². The highest BCUT2D eigenvalue weighted by Gasteiger charge is 2.21. The zero-order chi connectivity index (χ0) is 11.3. The second-order valence-corrected chi connectivity index (χ2v) is 5.99. The topological polar surface area (TPSA) is 69.6 Å². The predicted molar refractivity (Wildman–Crippen MR) is 59.1 cm³/mol. The van der Waals surface area contributed by atoms with Gasteiger partial charge in [0.05, 0.1) is 5.75 Å². The molecule has 1 atom stereocenters. The summed E-state index contributed by atoms with van der Waals surface area (Å²) in [6.07, 6.45) is 2.24. The summed E-state index contributed by atoms with van der Waals surface area (Å²) in [5, 5.41) is 8.58. The molecular formula is C9H20N2O3S. The minimum absolute atomic E-state index is 0.0176. The summed E-state index contributed by atoms with van der Waals surface area (Å²) in [6.45, 7) is 1.73. The highest BCUT2D eigenvalue weighted by Crippen LogP contribution is 2.09. The normalized spacial score (nSPS) is 24.3. The van der Waals surface area contributed by atoms with Gasteiger partial charge in [0.15, 0.2) is 0 Å². The van der Waals surface area contributed by atoms with Crippen molar-refractivity contribution in [2.24, 2.45) is 0 Å². The summed E-state index contributed by atoms with van der Waals surface area (Å²) in [4.78, 5) is 2.13. The molecule has 1 saturated heterocycles. The van der Waals surface area contributed by atoms with Crippen molar-refractivity contribution in [2.45, 2.75) is 25.3 Å². The molecule has 1 aliphatic heterocycles. The summed E-state index contributed by atoms with van der Waals surface area (Å²) in [7, 11) is -1.21. The summed E-state index contributed by atoms with van der Waals surface area (Å²) < 4.78 is 25.7. The van der Waals surface area contributed by atoms with Gasteiger partial charge in [-0.3, -0.25) is 0 Å². The maximum atomic E-state index is 11.5. The molecule has 15 heavy (non-hydrogen) atoms. The van der Waals surface area contributed by atoms with Crippen molar-refractivity contribution < 1.29 is 13.5 Å². The maximum absolute atomic E-state index is 11.5. The minimum atomic E-state index is -3.20. The van der Waals surface area contributed by atoms with Crippen LogP contribution in [0.2, 0.25) is 0 Å². The van der Waals surface area contributed by atoms with Crippen LogP contribution in [0.25, 0.3) is 0 Å². The van der Waals surface area contributed by atoms with Crippen LogP contribution < -0.4 is 4.72 Å².